The Labute approximate surface area is 195 Å². The Kier molecular flexibility index (Phi) is 5.58. The first-order valence-electron chi connectivity index (χ1n) is 10.8. The number of hydrogen-bond acceptors (Lipinski definition) is 4. The SMILES string of the molecule is COc1ccc(-c2cc(C(N)=O)c3c(c2)-c2ccc(C(=O)N4CCSCC4)cc2C3)cc1F. The Bertz CT molecular complexity index is 1280. The minimum atomic E-state index is -0.531. The van der Waals surface area contributed by atoms with Crippen molar-refractivity contribution in [3.8, 4) is 28.0 Å². The fraction of sp³-hybridized carbons (Fsp3) is 0.231. The molecule has 0 aromatic heterocycles. The van der Waals surface area contributed by atoms with Crippen molar-refractivity contribution in [1.29, 1.82) is 0 Å². The number of carbonyl (C=O) groups excluding carboxylic acids is 2. The first kappa shape index (κ1) is 21.5. The second-order valence-electron chi connectivity index (χ2n) is 8.22. The minimum absolute atomic E-state index is 0.0403. The molecule has 0 saturated carbocycles. The summed E-state index contributed by atoms with van der Waals surface area (Å²) in [4.78, 5) is 27.2. The number of amides is 2. The molecule has 7 heteroatoms. The molecule has 5 nitrogen and oxygen atoms in total. The van der Waals surface area contributed by atoms with Crippen LogP contribution in [-0.2, 0) is 6.42 Å². The number of nitrogens with two attached hydrogens (primary N) is 1. The molecule has 33 heavy (non-hydrogen) atoms. The van der Waals surface area contributed by atoms with E-state index in [4.69, 9.17) is 10.5 Å². The lowest BCUT2D eigenvalue weighted by Crippen LogP contribution is -2.37. The highest BCUT2D eigenvalue weighted by atomic mass is 32.2. The first-order chi connectivity index (χ1) is 16.0. The Morgan fingerprint density at radius 2 is 1.79 bits per heavy atom. The molecule has 5 rings (SSSR count). The first-order valence-corrected chi connectivity index (χ1v) is 11.9. The largest absolute Gasteiger partial charge is 0.494 e. The van der Waals surface area contributed by atoms with Gasteiger partial charge in [-0.1, -0.05) is 12.1 Å². The van der Waals surface area contributed by atoms with Gasteiger partial charge in [0.1, 0.15) is 0 Å². The van der Waals surface area contributed by atoms with Crippen LogP contribution < -0.4 is 10.5 Å². The number of thioether (sulfide) groups is 1. The molecular weight excluding hydrogens is 439 g/mol. The Morgan fingerprint density at radius 3 is 2.48 bits per heavy atom. The molecule has 2 aliphatic rings. The summed E-state index contributed by atoms with van der Waals surface area (Å²) in [6, 6.07) is 14.1. The van der Waals surface area contributed by atoms with E-state index >= 15 is 0 Å². The van der Waals surface area contributed by atoms with Gasteiger partial charge < -0.3 is 15.4 Å². The van der Waals surface area contributed by atoms with Crippen LogP contribution in [0.5, 0.6) is 5.75 Å². The maximum atomic E-state index is 14.3. The summed E-state index contributed by atoms with van der Waals surface area (Å²) >= 11 is 1.86. The zero-order valence-corrected chi connectivity index (χ0v) is 19.0. The van der Waals surface area contributed by atoms with Crippen LogP contribution in [0.3, 0.4) is 0 Å². The van der Waals surface area contributed by atoms with E-state index in [1.807, 2.05) is 40.9 Å². The van der Waals surface area contributed by atoms with Gasteiger partial charge in [0.2, 0.25) is 5.91 Å². The molecule has 0 radical (unpaired) electrons. The van der Waals surface area contributed by atoms with E-state index in [0.717, 1.165) is 46.8 Å². The second kappa shape index (κ2) is 8.56. The van der Waals surface area contributed by atoms with Crippen LogP contribution in [0.25, 0.3) is 22.3 Å². The van der Waals surface area contributed by atoms with Crippen molar-refractivity contribution < 1.29 is 18.7 Å². The van der Waals surface area contributed by atoms with Crippen molar-refractivity contribution in [2.24, 2.45) is 5.73 Å². The van der Waals surface area contributed by atoms with Gasteiger partial charge in [0.25, 0.3) is 5.91 Å². The molecule has 0 bridgehead atoms. The van der Waals surface area contributed by atoms with Crippen LogP contribution in [0.1, 0.15) is 31.8 Å². The number of benzene rings is 3. The van der Waals surface area contributed by atoms with Gasteiger partial charge in [-0.15, -0.1) is 0 Å². The summed E-state index contributed by atoms with van der Waals surface area (Å²) in [6.45, 7) is 1.52. The molecule has 1 saturated heterocycles. The van der Waals surface area contributed by atoms with Crippen molar-refractivity contribution >= 4 is 23.6 Å². The molecule has 1 heterocycles. The van der Waals surface area contributed by atoms with Crippen LogP contribution in [0.2, 0.25) is 0 Å². The molecule has 1 fully saturated rings. The van der Waals surface area contributed by atoms with Crippen molar-refractivity contribution in [2.45, 2.75) is 6.42 Å². The smallest absolute Gasteiger partial charge is 0.253 e. The average molecular weight is 463 g/mol. The maximum absolute atomic E-state index is 14.3. The van der Waals surface area contributed by atoms with E-state index in [1.54, 1.807) is 18.2 Å². The molecule has 0 spiro atoms. The molecule has 2 amide bonds. The fourth-order valence-electron chi connectivity index (χ4n) is 4.61. The van der Waals surface area contributed by atoms with E-state index < -0.39 is 11.7 Å². The van der Waals surface area contributed by atoms with Gasteiger partial charge in [-0.2, -0.15) is 11.8 Å². The number of methoxy groups -OCH3 is 1. The van der Waals surface area contributed by atoms with Gasteiger partial charge in [0, 0.05) is 35.7 Å². The van der Waals surface area contributed by atoms with Gasteiger partial charge in [-0.25, -0.2) is 4.39 Å². The summed E-state index contributed by atoms with van der Waals surface area (Å²) in [5, 5.41) is 0. The van der Waals surface area contributed by atoms with Gasteiger partial charge in [0.15, 0.2) is 11.6 Å². The number of fused-ring (bicyclic) bond motifs is 3. The molecular formula is C26H23FN2O3S. The van der Waals surface area contributed by atoms with E-state index in [-0.39, 0.29) is 11.7 Å². The van der Waals surface area contributed by atoms with Crippen molar-refractivity contribution in [3.63, 3.8) is 0 Å². The lowest BCUT2D eigenvalue weighted by molar-refractivity contribution is 0.0772. The quantitative estimate of drug-likeness (QED) is 0.489. The Balaban J connectivity index is 1.56. The van der Waals surface area contributed by atoms with E-state index in [9.17, 15) is 14.0 Å². The summed E-state index contributed by atoms with van der Waals surface area (Å²) in [5.74, 6) is 1.11. The van der Waals surface area contributed by atoms with Gasteiger partial charge in [-0.3, -0.25) is 9.59 Å². The molecule has 1 aliphatic heterocycles. The topological polar surface area (TPSA) is 72.6 Å². The summed E-state index contributed by atoms with van der Waals surface area (Å²) in [5.41, 5.74) is 11.8. The molecule has 3 aromatic carbocycles. The fourth-order valence-corrected chi connectivity index (χ4v) is 5.51. The Hall–Kier alpha value is -3.32. The molecule has 168 valence electrons. The number of hydrogen-bond donors (Lipinski definition) is 1. The molecule has 0 atom stereocenters. The van der Waals surface area contributed by atoms with E-state index in [1.165, 1.54) is 13.2 Å². The van der Waals surface area contributed by atoms with Crippen LogP contribution >= 0.6 is 11.8 Å². The number of ether oxygens (including phenoxy) is 1. The highest BCUT2D eigenvalue weighted by Gasteiger charge is 2.27. The molecule has 2 N–H and O–H groups in total. The average Bonchev–Trinajstić information content (AvgIpc) is 3.21. The van der Waals surface area contributed by atoms with Crippen LogP contribution in [0, 0.1) is 5.82 Å². The van der Waals surface area contributed by atoms with Crippen LogP contribution in [0.15, 0.2) is 48.5 Å². The second-order valence-corrected chi connectivity index (χ2v) is 9.44. The number of halogens is 1. The summed E-state index contributed by atoms with van der Waals surface area (Å²) in [7, 11) is 1.42. The predicted octanol–water partition coefficient (Wildman–Crippen LogP) is 4.36. The van der Waals surface area contributed by atoms with E-state index in [0.29, 0.717) is 28.7 Å². The van der Waals surface area contributed by atoms with Crippen LogP contribution in [-0.4, -0.2) is 48.4 Å². The van der Waals surface area contributed by atoms with Gasteiger partial charge >= 0.3 is 0 Å². The highest BCUT2D eigenvalue weighted by molar-refractivity contribution is 7.99. The normalized spacial score (nSPS) is 14.5. The standard InChI is InChI=1S/C26H23FN2O3S/c1-32-24-5-3-15(14-23(24)27)17-11-20-19-4-2-16(26(31)29-6-8-33-9-7-29)10-18(19)13-21(20)22(12-17)25(28)30/h2-5,10-12,14H,6-9,13H2,1H3,(H2,28,30). The van der Waals surface area contributed by atoms with Crippen molar-refractivity contribution in [3.05, 3.63) is 76.6 Å². The maximum Gasteiger partial charge on any atom is 0.253 e. The van der Waals surface area contributed by atoms with Crippen molar-refractivity contribution in [1.82, 2.24) is 4.90 Å². The van der Waals surface area contributed by atoms with Crippen molar-refractivity contribution in [2.75, 3.05) is 31.7 Å². The summed E-state index contributed by atoms with van der Waals surface area (Å²) in [6.07, 6.45) is 0.525. The number of nitrogens with zero attached hydrogens (tertiary/aromatic N) is 1. The van der Waals surface area contributed by atoms with E-state index in [2.05, 4.69) is 0 Å². The molecule has 0 unspecified atom stereocenters. The lowest BCUT2D eigenvalue weighted by atomic mass is 9.94. The minimum Gasteiger partial charge on any atom is -0.494 e. The summed E-state index contributed by atoms with van der Waals surface area (Å²) < 4.78 is 19.3. The lowest BCUT2D eigenvalue weighted by Gasteiger charge is -2.26. The third-order valence-electron chi connectivity index (χ3n) is 6.31. The Morgan fingerprint density at radius 1 is 1.00 bits per heavy atom. The zero-order valence-electron chi connectivity index (χ0n) is 18.2. The van der Waals surface area contributed by atoms with Gasteiger partial charge in [-0.05, 0) is 76.2 Å². The molecule has 3 aromatic rings. The predicted molar refractivity (Wildman–Crippen MR) is 128 cm³/mol. The zero-order chi connectivity index (χ0) is 23.1. The molecule has 1 aliphatic carbocycles. The number of rotatable bonds is 4. The number of primary amides is 1. The third kappa shape index (κ3) is 3.86. The number of carbonyl (C=O) groups is 2. The van der Waals surface area contributed by atoms with Gasteiger partial charge in [0.05, 0.1) is 7.11 Å². The third-order valence-corrected chi connectivity index (χ3v) is 7.25. The van der Waals surface area contributed by atoms with Crippen LogP contribution in [0.4, 0.5) is 4.39 Å². The highest BCUT2D eigenvalue weighted by Crippen LogP contribution is 2.42. The monoisotopic (exact) mass is 462 g/mol.